The van der Waals surface area contributed by atoms with Gasteiger partial charge in [-0.25, -0.2) is 8.42 Å². The van der Waals surface area contributed by atoms with Crippen LogP contribution in [0, 0.1) is 0 Å². The number of ether oxygens (including phenoxy) is 2. The van der Waals surface area contributed by atoms with Gasteiger partial charge in [0.1, 0.15) is 0 Å². The molecule has 0 aromatic heterocycles. The maximum absolute atomic E-state index is 13.4. The Morgan fingerprint density at radius 3 is 2.18 bits per heavy atom. The molecule has 0 spiro atoms. The molecule has 0 aliphatic heterocycles. The van der Waals surface area contributed by atoms with Crippen LogP contribution in [0.25, 0.3) is 0 Å². The van der Waals surface area contributed by atoms with Crippen molar-refractivity contribution in [2.75, 3.05) is 24.3 Å². The second-order valence-electron chi connectivity index (χ2n) is 5.56. The molecule has 28 heavy (non-hydrogen) atoms. The Balaban J connectivity index is 2.47. The summed E-state index contributed by atoms with van der Waals surface area (Å²) in [6, 6.07) is 6.34. The van der Waals surface area contributed by atoms with Crippen molar-refractivity contribution in [1.82, 2.24) is 0 Å². The lowest BCUT2D eigenvalue weighted by Gasteiger charge is -2.17. The second kappa shape index (κ2) is 7.97. The molecule has 2 aromatic carbocycles. The third kappa shape index (κ3) is 4.85. The van der Waals surface area contributed by atoms with Gasteiger partial charge in [0.15, 0.2) is 11.5 Å². The number of methoxy groups -OCH3 is 2. The van der Waals surface area contributed by atoms with Gasteiger partial charge in [-0.3, -0.25) is 9.52 Å². The molecule has 0 radical (unpaired) electrons. The number of carbonyl (C=O) groups is 1. The van der Waals surface area contributed by atoms with Gasteiger partial charge in [-0.05, 0) is 30.3 Å². The van der Waals surface area contributed by atoms with E-state index in [4.69, 9.17) is 9.47 Å². The van der Waals surface area contributed by atoms with E-state index < -0.39 is 33.4 Å². The minimum absolute atomic E-state index is 0.0995. The fraction of sp³-hybridized carbons (Fsp3) is 0.235. The molecule has 7 nitrogen and oxygen atoms in total. The molecule has 11 heteroatoms. The molecule has 0 heterocycles. The van der Waals surface area contributed by atoms with Gasteiger partial charge in [0.25, 0.3) is 10.0 Å². The summed E-state index contributed by atoms with van der Waals surface area (Å²) in [5, 5.41) is 2.22. The quantitative estimate of drug-likeness (QED) is 0.749. The number of hydrogen-bond acceptors (Lipinski definition) is 5. The van der Waals surface area contributed by atoms with Crippen LogP contribution < -0.4 is 19.5 Å². The zero-order chi connectivity index (χ0) is 21.1. The normalized spacial score (nSPS) is 11.6. The number of benzene rings is 2. The van der Waals surface area contributed by atoms with Crippen LogP contribution in [0.1, 0.15) is 12.5 Å². The van der Waals surface area contributed by atoms with Crippen LogP contribution in [0.15, 0.2) is 41.3 Å². The zero-order valence-corrected chi connectivity index (χ0v) is 15.9. The summed E-state index contributed by atoms with van der Waals surface area (Å²) in [6.45, 7) is 1.14. The summed E-state index contributed by atoms with van der Waals surface area (Å²) >= 11 is 0. The molecule has 0 saturated heterocycles. The number of sulfonamides is 1. The molecule has 0 fully saturated rings. The first-order valence-electron chi connectivity index (χ1n) is 7.71. The van der Waals surface area contributed by atoms with E-state index in [1.165, 1.54) is 26.4 Å². The van der Waals surface area contributed by atoms with Crippen LogP contribution >= 0.6 is 0 Å². The molecule has 0 aliphatic rings. The van der Waals surface area contributed by atoms with E-state index in [2.05, 4.69) is 5.32 Å². The molecule has 1 amide bonds. The van der Waals surface area contributed by atoms with Crippen molar-refractivity contribution in [3.63, 3.8) is 0 Å². The van der Waals surface area contributed by atoms with Gasteiger partial charge in [-0.1, -0.05) is 0 Å². The van der Waals surface area contributed by atoms with Crippen molar-refractivity contribution >= 4 is 27.3 Å². The largest absolute Gasteiger partial charge is 0.493 e. The zero-order valence-electron chi connectivity index (χ0n) is 15.0. The number of anilines is 2. The van der Waals surface area contributed by atoms with Crippen LogP contribution in [-0.2, 0) is 21.0 Å². The highest BCUT2D eigenvalue weighted by molar-refractivity contribution is 7.92. The van der Waals surface area contributed by atoms with Gasteiger partial charge in [-0.15, -0.1) is 0 Å². The first-order chi connectivity index (χ1) is 13.0. The van der Waals surface area contributed by atoms with Crippen LogP contribution in [0.4, 0.5) is 24.5 Å². The number of rotatable bonds is 6. The predicted octanol–water partition coefficient (Wildman–Crippen LogP) is 3.48. The fourth-order valence-corrected chi connectivity index (χ4v) is 3.43. The Hall–Kier alpha value is -2.95. The molecule has 2 rings (SSSR count). The molecule has 0 aliphatic carbocycles. The average Bonchev–Trinajstić information content (AvgIpc) is 2.60. The topological polar surface area (TPSA) is 93.7 Å². The number of nitrogens with one attached hydrogen (secondary N) is 2. The molecular weight excluding hydrogens is 401 g/mol. The number of carbonyl (C=O) groups excluding carboxylic acids is 1. The SMILES string of the molecule is COc1ccc(S(=O)(=O)Nc2ccc(NC(C)=O)cc2C(F)(F)F)cc1OC. The molecule has 2 aromatic rings. The highest BCUT2D eigenvalue weighted by Gasteiger charge is 2.35. The second-order valence-corrected chi connectivity index (χ2v) is 7.24. The summed E-state index contributed by atoms with van der Waals surface area (Å²) in [5.41, 5.74) is -2.05. The van der Waals surface area contributed by atoms with Crippen LogP contribution in [0.5, 0.6) is 11.5 Å². The molecule has 0 saturated carbocycles. The third-order valence-electron chi connectivity index (χ3n) is 3.55. The third-order valence-corrected chi connectivity index (χ3v) is 4.92. The van der Waals surface area contributed by atoms with E-state index in [-0.39, 0.29) is 22.1 Å². The van der Waals surface area contributed by atoms with Gasteiger partial charge in [0, 0.05) is 18.7 Å². The van der Waals surface area contributed by atoms with Crippen molar-refractivity contribution in [3.8, 4) is 11.5 Å². The Kier molecular flexibility index (Phi) is 6.07. The molecule has 152 valence electrons. The van der Waals surface area contributed by atoms with Gasteiger partial charge in [0.2, 0.25) is 5.91 Å². The number of halogens is 3. The minimum atomic E-state index is -4.86. The van der Waals surface area contributed by atoms with Gasteiger partial charge in [0.05, 0.1) is 30.4 Å². The first-order valence-corrected chi connectivity index (χ1v) is 9.20. The lowest BCUT2D eigenvalue weighted by atomic mass is 10.1. The number of alkyl halides is 3. The van der Waals surface area contributed by atoms with E-state index in [0.717, 1.165) is 25.1 Å². The Morgan fingerprint density at radius 2 is 1.64 bits per heavy atom. The molecular formula is C17H17F3N2O5S. The minimum Gasteiger partial charge on any atom is -0.493 e. The first kappa shape index (κ1) is 21.4. The molecule has 0 unspecified atom stereocenters. The lowest BCUT2D eigenvalue weighted by Crippen LogP contribution is -2.18. The van der Waals surface area contributed by atoms with E-state index in [9.17, 15) is 26.4 Å². The van der Waals surface area contributed by atoms with Crippen LogP contribution in [-0.4, -0.2) is 28.5 Å². The molecule has 2 N–H and O–H groups in total. The van der Waals surface area contributed by atoms with Crippen molar-refractivity contribution in [2.45, 2.75) is 18.0 Å². The fourth-order valence-electron chi connectivity index (χ4n) is 2.34. The number of hydrogen-bond donors (Lipinski definition) is 2. The summed E-state index contributed by atoms with van der Waals surface area (Å²) in [7, 11) is -1.71. The van der Waals surface area contributed by atoms with Crippen molar-refractivity contribution < 1.29 is 35.9 Å². The standard InChI is InChI=1S/C17H17F3N2O5S/c1-10(23)21-11-4-6-14(13(8-11)17(18,19)20)22-28(24,25)12-5-7-15(26-2)16(9-12)27-3/h4-9,22H,1-3H3,(H,21,23). The van der Waals surface area contributed by atoms with E-state index >= 15 is 0 Å². The maximum Gasteiger partial charge on any atom is 0.418 e. The van der Waals surface area contributed by atoms with Gasteiger partial charge < -0.3 is 14.8 Å². The van der Waals surface area contributed by atoms with Gasteiger partial charge in [-0.2, -0.15) is 13.2 Å². The monoisotopic (exact) mass is 418 g/mol. The number of amides is 1. The summed E-state index contributed by atoms with van der Waals surface area (Å²) in [6.07, 6.45) is -4.86. The van der Waals surface area contributed by atoms with E-state index in [1.54, 1.807) is 0 Å². The average molecular weight is 418 g/mol. The summed E-state index contributed by atoms with van der Waals surface area (Å²) < 4.78 is 77.2. The highest BCUT2D eigenvalue weighted by atomic mass is 32.2. The summed E-state index contributed by atoms with van der Waals surface area (Å²) in [5.74, 6) is -0.203. The van der Waals surface area contributed by atoms with Crippen molar-refractivity contribution in [3.05, 3.63) is 42.0 Å². The molecule has 0 bridgehead atoms. The summed E-state index contributed by atoms with van der Waals surface area (Å²) in [4.78, 5) is 10.7. The lowest BCUT2D eigenvalue weighted by molar-refractivity contribution is -0.136. The maximum atomic E-state index is 13.4. The Bertz CT molecular complexity index is 991. The van der Waals surface area contributed by atoms with Crippen LogP contribution in [0.3, 0.4) is 0 Å². The smallest absolute Gasteiger partial charge is 0.418 e. The van der Waals surface area contributed by atoms with E-state index in [0.29, 0.717) is 6.07 Å². The Labute approximate surface area is 159 Å². The van der Waals surface area contributed by atoms with Crippen LogP contribution in [0.2, 0.25) is 0 Å². The Morgan fingerprint density at radius 1 is 1.00 bits per heavy atom. The van der Waals surface area contributed by atoms with Crippen molar-refractivity contribution in [1.29, 1.82) is 0 Å². The van der Waals surface area contributed by atoms with Gasteiger partial charge >= 0.3 is 6.18 Å². The molecule has 0 atom stereocenters. The van der Waals surface area contributed by atoms with Crippen molar-refractivity contribution in [2.24, 2.45) is 0 Å². The highest BCUT2D eigenvalue weighted by Crippen LogP contribution is 2.38. The predicted molar refractivity (Wildman–Crippen MR) is 96.1 cm³/mol. The van der Waals surface area contributed by atoms with E-state index in [1.807, 2.05) is 4.72 Å².